The highest BCUT2D eigenvalue weighted by Gasteiger charge is 2.36. The molecule has 0 spiro atoms. The number of nitrogen functional groups attached to an aromatic ring is 1. The second-order valence-electron chi connectivity index (χ2n) is 6.78. The molecule has 30 heavy (non-hydrogen) atoms. The van der Waals surface area contributed by atoms with Gasteiger partial charge in [-0.2, -0.15) is 0 Å². The topological polar surface area (TPSA) is 134 Å². The van der Waals surface area contributed by atoms with Crippen molar-refractivity contribution in [3.63, 3.8) is 0 Å². The smallest absolute Gasteiger partial charge is 0.269 e. The molecule has 3 aromatic rings. The molecule has 0 aromatic heterocycles. The Bertz CT molecular complexity index is 1200. The Morgan fingerprint density at radius 2 is 1.77 bits per heavy atom. The summed E-state index contributed by atoms with van der Waals surface area (Å²) in [6.45, 7) is 0. The molecular weight excluding hydrogens is 382 g/mol. The third kappa shape index (κ3) is 3.53. The monoisotopic (exact) mass is 399 g/mol. The Labute approximate surface area is 171 Å². The first kappa shape index (κ1) is 19.0. The van der Waals surface area contributed by atoms with Crippen LogP contribution < -0.4 is 11.1 Å². The highest BCUT2D eigenvalue weighted by atomic mass is 16.6. The van der Waals surface area contributed by atoms with Gasteiger partial charge >= 0.3 is 0 Å². The van der Waals surface area contributed by atoms with Crippen LogP contribution in [0, 0.1) is 15.5 Å². The van der Waals surface area contributed by atoms with Crippen LogP contribution in [-0.2, 0) is 4.79 Å². The standard InChI is InChI=1S/C22H17N5O3/c23-21(24)14-7-4-8-15(11-14)25-20(13-5-2-1-3-6-13)19-17-12-16(27(29)30)9-10-18(17)26-22(19)28/h1-12,19H,(H3,23,24)(H,26,28). The number of anilines is 1. The molecule has 8 nitrogen and oxygen atoms in total. The van der Waals surface area contributed by atoms with Gasteiger partial charge in [0.05, 0.1) is 16.3 Å². The molecule has 1 heterocycles. The molecule has 0 fully saturated rings. The van der Waals surface area contributed by atoms with E-state index in [1.165, 1.54) is 18.2 Å². The van der Waals surface area contributed by atoms with Crippen LogP contribution in [-0.4, -0.2) is 22.4 Å². The summed E-state index contributed by atoms with van der Waals surface area (Å²) in [5, 5.41) is 21.7. The minimum atomic E-state index is -0.816. The highest BCUT2D eigenvalue weighted by molar-refractivity contribution is 6.24. The van der Waals surface area contributed by atoms with Crippen LogP contribution in [0.1, 0.15) is 22.6 Å². The number of nitrogens with one attached hydrogen (secondary N) is 2. The van der Waals surface area contributed by atoms with Crippen molar-refractivity contribution in [1.29, 1.82) is 5.41 Å². The molecule has 8 heteroatoms. The van der Waals surface area contributed by atoms with Crippen molar-refractivity contribution in [1.82, 2.24) is 0 Å². The molecule has 4 N–H and O–H groups in total. The van der Waals surface area contributed by atoms with E-state index in [4.69, 9.17) is 16.1 Å². The van der Waals surface area contributed by atoms with Crippen molar-refractivity contribution >= 4 is 34.5 Å². The van der Waals surface area contributed by atoms with Crippen LogP contribution in [0.2, 0.25) is 0 Å². The van der Waals surface area contributed by atoms with E-state index < -0.39 is 10.8 Å². The van der Waals surface area contributed by atoms with E-state index in [1.54, 1.807) is 24.3 Å². The van der Waals surface area contributed by atoms with E-state index in [9.17, 15) is 14.9 Å². The molecule has 0 saturated heterocycles. The van der Waals surface area contributed by atoms with Crippen molar-refractivity contribution in [2.45, 2.75) is 5.92 Å². The molecule has 0 aliphatic carbocycles. The molecule has 3 aromatic carbocycles. The second kappa shape index (κ2) is 7.59. The van der Waals surface area contributed by atoms with E-state index in [2.05, 4.69) is 5.32 Å². The lowest BCUT2D eigenvalue weighted by molar-refractivity contribution is -0.384. The van der Waals surface area contributed by atoms with Gasteiger partial charge in [0.15, 0.2) is 0 Å². The number of amides is 1. The zero-order chi connectivity index (χ0) is 21.3. The first-order valence-electron chi connectivity index (χ1n) is 9.11. The number of carbonyl (C=O) groups is 1. The van der Waals surface area contributed by atoms with Crippen molar-refractivity contribution in [2.75, 3.05) is 5.32 Å². The highest BCUT2D eigenvalue weighted by Crippen LogP contribution is 2.38. The number of amidine groups is 1. The number of hydrogen-bond donors (Lipinski definition) is 3. The number of carbonyl (C=O) groups excluding carboxylic acids is 1. The van der Waals surface area contributed by atoms with Crippen LogP contribution in [0.5, 0.6) is 0 Å². The fourth-order valence-corrected chi connectivity index (χ4v) is 3.42. The maximum absolute atomic E-state index is 12.9. The van der Waals surface area contributed by atoms with Gasteiger partial charge in [-0.1, -0.05) is 42.5 Å². The van der Waals surface area contributed by atoms with Crippen LogP contribution in [0.4, 0.5) is 17.1 Å². The summed E-state index contributed by atoms with van der Waals surface area (Å²) < 4.78 is 0. The summed E-state index contributed by atoms with van der Waals surface area (Å²) in [6.07, 6.45) is 0. The van der Waals surface area contributed by atoms with Gasteiger partial charge in [-0.3, -0.25) is 25.3 Å². The number of nitrogens with two attached hydrogens (primary N) is 1. The summed E-state index contributed by atoms with van der Waals surface area (Å²) in [7, 11) is 0. The van der Waals surface area contributed by atoms with Crippen LogP contribution in [0.25, 0.3) is 0 Å². The van der Waals surface area contributed by atoms with Crippen LogP contribution >= 0.6 is 0 Å². The molecule has 1 aliphatic heterocycles. The Morgan fingerprint density at radius 3 is 2.47 bits per heavy atom. The Kier molecular flexibility index (Phi) is 4.81. The summed E-state index contributed by atoms with van der Waals surface area (Å²) in [5.74, 6) is -1.22. The van der Waals surface area contributed by atoms with Crippen LogP contribution in [0.15, 0.2) is 77.8 Å². The first-order chi connectivity index (χ1) is 14.4. The van der Waals surface area contributed by atoms with E-state index in [-0.39, 0.29) is 17.4 Å². The Morgan fingerprint density at radius 1 is 1.03 bits per heavy atom. The van der Waals surface area contributed by atoms with Gasteiger partial charge in [-0.15, -0.1) is 0 Å². The number of benzene rings is 3. The number of nitro benzene ring substituents is 1. The predicted octanol–water partition coefficient (Wildman–Crippen LogP) is 3.74. The fraction of sp³-hybridized carbons (Fsp3) is 0.0455. The number of fused-ring (bicyclic) bond motifs is 1. The lowest BCUT2D eigenvalue weighted by Crippen LogP contribution is -2.22. The molecule has 148 valence electrons. The number of non-ortho nitro benzene ring substituents is 1. The van der Waals surface area contributed by atoms with Gasteiger partial charge in [0.1, 0.15) is 11.8 Å². The van der Waals surface area contributed by atoms with Gasteiger partial charge in [0.2, 0.25) is 5.91 Å². The average Bonchev–Trinajstić information content (AvgIpc) is 3.07. The van der Waals surface area contributed by atoms with E-state index in [1.807, 2.05) is 30.3 Å². The number of hydrogen-bond acceptors (Lipinski definition) is 5. The van der Waals surface area contributed by atoms with Gasteiger partial charge < -0.3 is 11.1 Å². The van der Waals surface area contributed by atoms with Gasteiger partial charge in [-0.05, 0) is 23.8 Å². The number of rotatable bonds is 5. The van der Waals surface area contributed by atoms with Gasteiger partial charge in [0, 0.05) is 28.9 Å². The SMILES string of the molecule is N=C(N)c1cccc(N=C(c2ccccc2)C2C(=O)Nc3ccc([N+](=O)[O-])cc32)c1. The van der Waals surface area contributed by atoms with Gasteiger partial charge in [0.25, 0.3) is 5.69 Å². The third-order valence-corrected chi connectivity index (χ3v) is 4.83. The normalized spacial score (nSPS) is 15.4. The molecule has 1 amide bonds. The molecule has 1 unspecified atom stereocenters. The summed E-state index contributed by atoms with van der Waals surface area (Å²) in [4.78, 5) is 28.4. The molecule has 0 saturated carbocycles. The molecule has 1 atom stereocenters. The predicted molar refractivity (Wildman–Crippen MR) is 115 cm³/mol. The maximum atomic E-state index is 12.9. The van der Waals surface area contributed by atoms with E-state index in [0.717, 1.165) is 0 Å². The van der Waals surface area contributed by atoms with Crippen molar-refractivity contribution in [3.05, 3.63) is 99.6 Å². The first-order valence-corrected chi connectivity index (χ1v) is 9.11. The quantitative estimate of drug-likeness (QED) is 0.261. The number of nitro groups is 1. The molecule has 1 aliphatic rings. The lowest BCUT2D eigenvalue weighted by Gasteiger charge is -2.14. The van der Waals surface area contributed by atoms with Crippen molar-refractivity contribution in [3.8, 4) is 0 Å². The second-order valence-corrected chi connectivity index (χ2v) is 6.78. The van der Waals surface area contributed by atoms with Crippen molar-refractivity contribution < 1.29 is 9.72 Å². The van der Waals surface area contributed by atoms with Crippen LogP contribution in [0.3, 0.4) is 0 Å². The van der Waals surface area contributed by atoms with E-state index in [0.29, 0.717) is 33.8 Å². The molecule has 4 rings (SSSR count). The largest absolute Gasteiger partial charge is 0.384 e. The summed E-state index contributed by atoms with van der Waals surface area (Å²) >= 11 is 0. The zero-order valence-corrected chi connectivity index (χ0v) is 15.7. The molecule has 0 radical (unpaired) electrons. The summed E-state index contributed by atoms with van der Waals surface area (Å²) in [6, 6.07) is 20.3. The number of aliphatic imine (C=N–C) groups is 1. The zero-order valence-electron chi connectivity index (χ0n) is 15.7. The number of nitrogens with zero attached hydrogens (tertiary/aromatic N) is 2. The minimum Gasteiger partial charge on any atom is -0.384 e. The third-order valence-electron chi connectivity index (χ3n) is 4.83. The average molecular weight is 399 g/mol. The van der Waals surface area contributed by atoms with E-state index >= 15 is 0 Å². The fourth-order valence-electron chi connectivity index (χ4n) is 3.42. The Hall–Kier alpha value is -4.33. The molecular formula is C22H17N5O3. The molecule has 0 bridgehead atoms. The van der Waals surface area contributed by atoms with Crippen molar-refractivity contribution in [2.24, 2.45) is 10.7 Å². The Balaban J connectivity index is 1.90. The lowest BCUT2D eigenvalue weighted by atomic mass is 9.90. The minimum absolute atomic E-state index is 0.0899. The van der Waals surface area contributed by atoms with Gasteiger partial charge in [-0.25, -0.2) is 0 Å². The maximum Gasteiger partial charge on any atom is 0.269 e. The summed E-state index contributed by atoms with van der Waals surface area (Å²) in [5.41, 5.74) is 8.71.